The van der Waals surface area contributed by atoms with Crippen molar-refractivity contribution in [2.24, 2.45) is 11.8 Å². The molecule has 0 heterocycles. The maximum absolute atomic E-state index is 13.1. The number of unbranched alkanes of at least 4 members (excludes halogenated alkanes) is 52. The van der Waals surface area contributed by atoms with Gasteiger partial charge in [0.2, 0.25) is 0 Å². The average Bonchev–Trinajstić information content (AvgIpc) is 1.06. The Hall–Kier alpha value is -1.94. The molecule has 0 rings (SSSR count). The summed E-state index contributed by atoms with van der Waals surface area (Å²) in [5.41, 5.74) is 0. The molecule has 0 aliphatic rings. The van der Waals surface area contributed by atoms with E-state index in [1.807, 2.05) is 0 Å². The third-order valence-electron chi connectivity index (χ3n) is 19.5. The van der Waals surface area contributed by atoms with Gasteiger partial charge in [0.1, 0.15) is 19.3 Å². The Kier molecular flexibility index (Phi) is 73.1. The molecular weight excluding hydrogens is 1330 g/mol. The Bertz CT molecular complexity index is 1960. The van der Waals surface area contributed by atoms with Crippen molar-refractivity contribution in [3.8, 4) is 0 Å². The number of phosphoric ester groups is 2. The van der Waals surface area contributed by atoms with Crippen molar-refractivity contribution in [2.45, 2.75) is 458 Å². The van der Waals surface area contributed by atoms with Crippen LogP contribution >= 0.6 is 15.6 Å². The number of aliphatic hydroxyl groups is 1. The van der Waals surface area contributed by atoms with Crippen LogP contribution in [0, 0.1) is 11.8 Å². The van der Waals surface area contributed by atoms with Gasteiger partial charge in [0, 0.05) is 25.7 Å². The number of ether oxygens (including phenoxy) is 4. The molecule has 3 N–H and O–H groups in total. The van der Waals surface area contributed by atoms with Crippen molar-refractivity contribution in [1.82, 2.24) is 0 Å². The summed E-state index contributed by atoms with van der Waals surface area (Å²) in [4.78, 5) is 73.1. The van der Waals surface area contributed by atoms with E-state index < -0.39 is 97.5 Å². The lowest BCUT2D eigenvalue weighted by Crippen LogP contribution is -2.30. The Morgan fingerprint density at radius 3 is 0.667 bits per heavy atom. The zero-order chi connectivity index (χ0) is 74.9. The van der Waals surface area contributed by atoms with Gasteiger partial charge in [0.25, 0.3) is 0 Å². The summed E-state index contributed by atoms with van der Waals surface area (Å²) in [7, 11) is -9.92. The Labute approximate surface area is 626 Å². The van der Waals surface area contributed by atoms with Crippen LogP contribution in [0.4, 0.5) is 0 Å². The van der Waals surface area contributed by atoms with E-state index in [4.69, 9.17) is 37.0 Å². The fourth-order valence-electron chi connectivity index (χ4n) is 12.9. The maximum atomic E-state index is 13.1. The van der Waals surface area contributed by atoms with Crippen molar-refractivity contribution in [3.05, 3.63) is 0 Å². The van der Waals surface area contributed by atoms with Crippen molar-refractivity contribution in [1.29, 1.82) is 0 Å². The monoisotopic (exact) mass is 1490 g/mol. The molecule has 0 aromatic heterocycles. The van der Waals surface area contributed by atoms with Crippen LogP contribution in [0.3, 0.4) is 0 Å². The molecule has 17 nitrogen and oxygen atoms in total. The molecule has 0 saturated heterocycles. The molecule has 0 aliphatic heterocycles. The van der Waals surface area contributed by atoms with Gasteiger partial charge in [0.15, 0.2) is 12.2 Å². The highest BCUT2D eigenvalue weighted by molar-refractivity contribution is 7.47. The molecule has 102 heavy (non-hydrogen) atoms. The van der Waals surface area contributed by atoms with Crippen LogP contribution < -0.4 is 0 Å². The van der Waals surface area contributed by atoms with Crippen LogP contribution in [0.25, 0.3) is 0 Å². The largest absolute Gasteiger partial charge is 0.472 e. The second kappa shape index (κ2) is 74.5. The maximum Gasteiger partial charge on any atom is 0.472 e. The van der Waals surface area contributed by atoms with Crippen LogP contribution in [-0.2, 0) is 65.4 Å². The number of carbonyl (C=O) groups is 4. The van der Waals surface area contributed by atoms with Crippen molar-refractivity contribution in [3.63, 3.8) is 0 Å². The van der Waals surface area contributed by atoms with Gasteiger partial charge in [-0.1, -0.05) is 388 Å². The summed E-state index contributed by atoms with van der Waals surface area (Å²) in [5.74, 6) is -0.570. The van der Waals surface area contributed by atoms with Crippen molar-refractivity contribution in [2.75, 3.05) is 39.6 Å². The van der Waals surface area contributed by atoms with E-state index in [1.165, 1.54) is 257 Å². The van der Waals surface area contributed by atoms with Crippen LogP contribution in [-0.4, -0.2) is 96.7 Å². The number of esters is 4. The molecule has 0 aromatic rings. The van der Waals surface area contributed by atoms with E-state index in [-0.39, 0.29) is 25.7 Å². The molecule has 0 saturated carbocycles. The van der Waals surface area contributed by atoms with Crippen LogP contribution in [0.1, 0.15) is 440 Å². The van der Waals surface area contributed by atoms with Gasteiger partial charge < -0.3 is 33.8 Å². The SMILES string of the molecule is CCCCCCCCCCCCCCCCCCCCCC(=O)OC[C@H](COP(=O)(O)OC[C@@H](O)COP(=O)(O)OC[C@@H](COC(=O)CCCCCCCCCCC(C)C)OC(=O)CCCCCCCCCCCCCCC)OC(=O)CCCCCCCCCCCCCCCCCCC(C)C. The molecule has 0 aliphatic carbocycles. The second-order valence-corrected chi connectivity index (χ2v) is 33.7. The summed E-state index contributed by atoms with van der Waals surface area (Å²) >= 11 is 0. The number of aliphatic hydroxyl groups excluding tert-OH is 1. The van der Waals surface area contributed by atoms with Gasteiger partial charge in [-0.3, -0.25) is 37.3 Å². The first kappa shape index (κ1) is 100. The molecule has 0 fully saturated rings. The summed E-state index contributed by atoms with van der Waals surface area (Å²) in [6.45, 7) is 9.65. The smallest absolute Gasteiger partial charge is 0.462 e. The first-order valence-electron chi connectivity index (χ1n) is 43.0. The summed E-state index contributed by atoms with van der Waals surface area (Å²) in [6, 6.07) is 0. The van der Waals surface area contributed by atoms with E-state index in [0.717, 1.165) is 102 Å². The fourth-order valence-corrected chi connectivity index (χ4v) is 14.5. The molecule has 0 bridgehead atoms. The predicted octanol–water partition coefficient (Wildman–Crippen LogP) is 25.1. The Morgan fingerprint density at radius 2 is 0.451 bits per heavy atom. The fraction of sp³-hybridized carbons (Fsp3) is 0.952. The third-order valence-corrected chi connectivity index (χ3v) is 21.4. The number of rotatable bonds is 82. The predicted molar refractivity (Wildman–Crippen MR) is 418 cm³/mol. The first-order chi connectivity index (χ1) is 49.4. The van der Waals surface area contributed by atoms with Crippen molar-refractivity contribution < 1.29 is 80.2 Å². The minimum atomic E-state index is -4.96. The van der Waals surface area contributed by atoms with Gasteiger partial charge in [-0.15, -0.1) is 0 Å². The molecular formula is C83H162O17P2. The van der Waals surface area contributed by atoms with Crippen LogP contribution in [0.15, 0.2) is 0 Å². The zero-order valence-corrected chi connectivity index (χ0v) is 68.7. The lowest BCUT2D eigenvalue weighted by molar-refractivity contribution is -0.161. The Balaban J connectivity index is 5.23. The number of phosphoric acid groups is 2. The van der Waals surface area contributed by atoms with Crippen LogP contribution in [0.2, 0.25) is 0 Å². The summed E-state index contributed by atoms with van der Waals surface area (Å²) < 4.78 is 68.8. The van der Waals surface area contributed by atoms with E-state index in [1.54, 1.807) is 0 Å². The number of hydrogen-bond acceptors (Lipinski definition) is 15. The highest BCUT2D eigenvalue weighted by Gasteiger charge is 2.30. The van der Waals surface area contributed by atoms with E-state index in [2.05, 4.69) is 41.5 Å². The molecule has 19 heteroatoms. The zero-order valence-electron chi connectivity index (χ0n) is 66.9. The van der Waals surface area contributed by atoms with E-state index >= 15 is 0 Å². The van der Waals surface area contributed by atoms with Gasteiger partial charge in [-0.25, -0.2) is 9.13 Å². The summed E-state index contributed by atoms with van der Waals surface area (Å²) in [6.07, 6.45) is 65.3. The normalized spacial score (nSPS) is 13.9. The average molecular weight is 1490 g/mol. The summed E-state index contributed by atoms with van der Waals surface area (Å²) in [5, 5.41) is 10.7. The van der Waals surface area contributed by atoms with Gasteiger partial charge >= 0.3 is 39.5 Å². The van der Waals surface area contributed by atoms with E-state index in [0.29, 0.717) is 25.7 Å². The number of carbonyl (C=O) groups excluding carboxylic acids is 4. The van der Waals surface area contributed by atoms with Gasteiger partial charge in [-0.2, -0.15) is 0 Å². The van der Waals surface area contributed by atoms with Crippen LogP contribution in [0.5, 0.6) is 0 Å². The standard InChI is InChI=1S/C83H162O17P2/c1-7-9-11-13-15-17-19-21-22-23-24-25-29-33-36-40-47-53-59-65-80(85)93-71-78(99-83(88)68-62-56-50-42-38-34-30-27-26-28-32-35-39-45-51-57-63-75(3)4)73-97-101(89,90)95-69-77(84)70-96-102(91,92)98-74-79(72-94-81(86)66-60-54-48-44-43-46-52-58-64-76(5)6)100-82(87)67-61-55-49-41-37-31-20-18-16-14-12-10-8-2/h75-79,84H,7-74H2,1-6H3,(H,89,90)(H,91,92)/t77-,78-,79-/m1/s1. The quantitative estimate of drug-likeness (QED) is 0.0222. The van der Waals surface area contributed by atoms with Gasteiger partial charge in [0.05, 0.1) is 26.4 Å². The number of hydrogen-bond donors (Lipinski definition) is 3. The molecule has 0 spiro atoms. The molecule has 2 unspecified atom stereocenters. The topological polar surface area (TPSA) is 237 Å². The Morgan fingerprint density at radius 1 is 0.265 bits per heavy atom. The highest BCUT2D eigenvalue weighted by Crippen LogP contribution is 2.45. The molecule has 606 valence electrons. The molecule has 0 amide bonds. The van der Waals surface area contributed by atoms with Gasteiger partial charge in [-0.05, 0) is 37.5 Å². The molecule has 0 radical (unpaired) electrons. The minimum absolute atomic E-state index is 0.107. The van der Waals surface area contributed by atoms with Crippen molar-refractivity contribution >= 4 is 39.5 Å². The molecule has 0 aromatic carbocycles. The lowest BCUT2D eigenvalue weighted by Gasteiger charge is -2.21. The lowest BCUT2D eigenvalue weighted by atomic mass is 10.0. The second-order valence-electron chi connectivity index (χ2n) is 30.8. The molecule has 5 atom stereocenters. The first-order valence-corrected chi connectivity index (χ1v) is 46.0. The highest BCUT2D eigenvalue weighted by atomic mass is 31.2. The van der Waals surface area contributed by atoms with E-state index in [9.17, 15) is 43.2 Å². The minimum Gasteiger partial charge on any atom is -0.462 e. The third kappa shape index (κ3) is 76.3.